The molecule has 230 valence electrons. The summed E-state index contributed by atoms with van der Waals surface area (Å²) in [6.07, 6.45) is -8.03. The lowest BCUT2D eigenvalue weighted by Crippen LogP contribution is -2.47. The number of likely N-dealkylation sites (tertiary alicyclic amines) is 1. The van der Waals surface area contributed by atoms with E-state index in [9.17, 15) is 35.5 Å². The SMILES string of the molecule is CN(C(=O)N(C)[C@@H]1CN(CC2CCNCC2)C[C@H]1c1ccc(F)cc1)c1cc(C(F)(F)F)cc(C(F)(F)F)c1.Cl.Cl. The first-order valence-electron chi connectivity index (χ1n) is 12.7. The Bertz CT molecular complexity index is 1130. The topological polar surface area (TPSA) is 38.8 Å². The number of carbonyl (C=O) groups excluding carboxylic acids is 1. The molecule has 2 amide bonds. The quantitative estimate of drug-likeness (QED) is 0.375. The van der Waals surface area contributed by atoms with Crippen molar-refractivity contribution in [1.29, 1.82) is 0 Å². The number of benzene rings is 2. The van der Waals surface area contributed by atoms with Gasteiger partial charge in [0, 0.05) is 45.3 Å². The first-order valence-corrected chi connectivity index (χ1v) is 12.7. The number of amides is 2. The van der Waals surface area contributed by atoms with Crippen molar-refractivity contribution < 1.29 is 35.5 Å². The largest absolute Gasteiger partial charge is 0.416 e. The van der Waals surface area contributed by atoms with Gasteiger partial charge in [0.25, 0.3) is 0 Å². The molecule has 0 saturated carbocycles. The molecule has 2 heterocycles. The number of alkyl halides is 6. The van der Waals surface area contributed by atoms with Crippen LogP contribution in [0.1, 0.15) is 35.4 Å². The average Bonchev–Trinajstić information content (AvgIpc) is 3.30. The summed E-state index contributed by atoms with van der Waals surface area (Å²) in [6.45, 7) is 3.70. The zero-order chi connectivity index (χ0) is 28.5. The summed E-state index contributed by atoms with van der Waals surface area (Å²) in [5.74, 6) is -0.163. The Labute approximate surface area is 246 Å². The van der Waals surface area contributed by atoms with E-state index in [-0.39, 0.29) is 36.8 Å². The predicted octanol–water partition coefficient (Wildman–Crippen LogP) is 6.66. The molecule has 2 aromatic rings. The van der Waals surface area contributed by atoms with E-state index in [0.29, 0.717) is 31.1 Å². The molecule has 0 radical (unpaired) electrons. The van der Waals surface area contributed by atoms with Crippen molar-refractivity contribution in [3.63, 3.8) is 0 Å². The summed E-state index contributed by atoms with van der Waals surface area (Å²) >= 11 is 0. The van der Waals surface area contributed by atoms with Crippen molar-refractivity contribution in [2.45, 2.75) is 37.2 Å². The van der Waals surface area contributed by atoms with Crippen LogP contribution in [0.3, 0.4) is 0 Å². The van der Waals surface area contributed by atoms with Crippen molar-refractivity contribution in [2.24, 2.45) is 5.92 Å². The summed E-state index contributed by atoms with van der Waals surface area (Å²) < 4.78 is 94.0. The van der Waals surface area contributed by atoms with E-state index in [4.69, 9.17) is 0 Å². The summed E-state index contributed by atoms with van der Waals surface area (Å²) in [5.41, 5.74) is -2.70. The van der Waals surface area contributed by atoms with E-state index in [1.54, 1.807) is 12.1 Å². The summed E-state index contributed by atoms with van der Waals surface area (Å²) in [4.78, 5) is 17.9. The number of hydrogen-bond donors (Lipinski definition) is 1. The Balaban J connectivity index is 0.00000294. The van der Waals surface area contributed by atoms with E-state index in [0.717, 1.165) is 50.0 Å². The number of piperidine rings is 1. The summed E-state index contributed by atoms with van der Waals surface area (Å²) in [7, 11) is 2.65. The van der Waals surface area contributed by atoms with Gasteiger partial charge in [-0.05, 0) is 67.7 Å². The molecule has 2 saturated heterocycles. The van der Waals surface area contributed by atoms with Gasteiger partial charge in [0.2, 0.25) is 0 Å². The fourth-order valence-electron chi connectivity index (χ4n) is 5.50. The van der Waals surface area contributed by atoms with Crippen LogP contribution in [-0.4, -0.2) is 68.7 Å². The molecule has 0 unspecified atom stereocenters. The van der Waals surface area contributed by atoms with Crippen LogP contribution in [0.4, 0.5) is 41.2 Å². The van der Waals surface area contributed by atoms with Gasteiger partial charge in [-0.3, -0.25) is 4.90 Å². The van der Waals surface area contributed by atoms with Gasteiger partial charge in [0.15, 0.2) is 0 Å². The Hall–Kier alpha value is -2.28. The highest BCUT2D eigenvalue weighted by Gasteiger charge is 2.41. The smallest absolute Gasteiger partial charge is 0.322 e. The monoisotopic (exact) mass is 632 g/mol. The fraction of sp³-hybridized carbons (Fsp3) is 0.519. The summed E-state index contributed by atoms with van der Waals surface area (Å²) in [5, 5.41) is 3.32. The van der Waals surface area contributed by atoms with Crippen molar-refractivity contribution in [2.75, 3.05) is 51.7 Å². The molecule has 2 aliphatic rings. The first-order chi connectivity index (χ1) is 18.2. The van der Waals surface area contributed by atoms with Gasteiger partial charge >= 0.3 is 18.4 Å². The highest BCUT2D eigenvalue weighted by atomic mass is 35.5. The van der Waals surface area contributed by atoms with Gasteiger partial charge < -0.3 is 15.1 Å². The fourth-order valence-corrected chi connectivity index (χ4v) is 5.50. The molecule has 2 aliphatic heterocycles. The number of carbonyl (C=O) groups is 1. The van der Waals surface area contributed by atoms with Gasteiger partial charge in [-0.25, -0.2) is 9.18 Å². The van der Waals surface area contributed by atoms with E-state index < -0.39 is 47.1 Å². The van der Waals surface area contributed by atoms with E-state index in [1.165, 1.54) is 24.1 Å². The van der Waals surface area contributed by atoms with E-state index in [2.05, 4.69) is 10.2 Å². The molecule has 0 spiro atoms. The normalized spacial score (nSPS) is 20.2. The molecule has 0 aliphatic carbocycles. The minimum Gasteiger partial charge on any atom is -0.322 e. The molecule has 1 N–H and O–H groups in total. The molecule has 2 atom stereocenters. The van der Waals surface area contributed by atoms with Crippen LogP contribution in [-0.2, 0) is 12.4 Å². The van der Waals surface area contributed by atoms with Crippen LogP contribution in [0.25, 0.3) is 0 Å². The van der Waals surface area contributed by atoms with Crippen molar-refractivity contribution in [3.8, 4) is 0 Å². The molecule has 0 aromatic heterocycles. The second kappa shape index (κ2) is 13.8. The number of rotatable bonds is 5. The highest BCUT2D eigenvalue weighted by Crippen LogP contribution is 2.39. The molecule has 14 heteroatoms. The number of urea groups is 1. The van der Waals surface area contributed by atoms with Crippen molar-refractivity contribution in [3.05, 3.63) is 65.0 Å². The minimum absolute atomic E-state index is 0. The molecule has 2 fully saturated rings. The van der Waals surface area contributed by atoms with Gasteiger partial charge in [-0.1, -0.05) is 12.1 Å². The maximum absolute atomic E-state index is 13.6. The van der Waals surface area contributed by atoms with Crippen LogP contribution < -0.4 is 10.2 Å². The highest BCUT2D eigenvalue weighted by molar-refractivity contribution is 5.92. The number of nitrogens with zero attached hydrogens (tertiary/aromatic N) is 3. The lowest BCUT2D eigenvalue weighted by atomic mass is 9.93. The lowest BCUT2D eigenvalue weighted by molar-refractivity contribution is -0.143. The number of halogens is 9. The van der Waals surface area contributed by atoms with Crippen molar-refractivity contribution in [1.82, 2.24) is 15.1 Å². The van der Waals surface area contributed by atoms with Crippen LogP contribution in [0.5, 0.6) is 0 Å². The summed E-state index contributed by atoms with van der Waals surface area (Å²) in [6, 6.07) is 5.88. The van der Waals surface area contributed by atoms with Crippen molar-refractivity contribution >= 4 is 36.5 Å². The second-order valence-corrected chi connectivity index (χ2v) is 10.4. The van der Waals surface area contributed by atoms with Gasteiger partial charge in [-0.2, -0.15) is 26.3 Å². The minimum atomic E-state index is -5.03. The Morgan fingerprint density at radius 1 is 0.902 bits per heavy atom. The van der Waals surface area contributed by atoms with E-state index >= 15 is 0 Å². The van der Waals surface area contributed by atoms with Gasteiger partial charge in [0.05, 0.1) is 17.2 Å². The number of hydrogen-bond acceptors (Lipinski definition) is 3. The molecular formula is C27H33Cl2F7N4O. The predicted molar refractivity (Wildman–Crippen MR) is 147 cm³/mol. The zero-order valence-corrected chi connectivity index (χ0v) is 24.1. The van der Waals surface area contributed by atoms with Gasteiger partial charge in [-0.15, -0.1) is 24.8 Å². The maximum Gasteiger partial charge on any atom is 0.416 e. The number of nitrogens with one attached hydrogen (secondary N) is 1. The van der Waals surface area contributed by atoms with E-state index in [1.807, 2.05) is 0 Å². The lowest BCUT2D eigenvalue weighted by Gasteiger charge is -2.33. The number of anilines is 1. The molecule has 2 aromatic carbocycles. The Kier molecular flexibility index (Phi) is 11.7. The van der Waals surface area contributed by atoms with Crippen LogP contribution >= 0.6 is 24.8 Å². The van der Waals surface area contributed by atoms with Gasteiger partial charge in [0.1, 0.15) is 5.82 Å². The maximum atomic E-state index is 13.6. The first kappa shape index (κ1) is 34.9. The third-order valence-corrected chi connectivity index (χ3v) is 7.68. The molecule has 41 heavy (non-hydrogen) atoms. The Morgan fingerprint density at radius 2 is 1.44 bits per heavy atom. The zero-order valence-electron chi connectivity index (χ0n) is 22.4. The molecule has 4 rings (SSSR count). The van der Waals surface area contributed by atoms with Crippen LogP contribution in [0.2, 0.25) is 0 Å². The second-order valence-electron chi connectivity index (χ2n) is 10.4. The third kappa shape index (κ3) is 8.39. The molecule has 0 bridgehead atoms. The van der Waals surface area contributed by atoms with Crippen LogP contribution in [0.15, 0.2) is 42.5 Å². The van der Waals surface area contributed by atoms with Crippen LogP contribution in [0, 0.1) is 11.7 Å². The molecule has 5 nitrogen and oxygen atoms in total. The third-order valence-electron chi connectivity index (χ3n) is 7.68. The Morgan fingerprint density at radius 3 is 1.95 bits per heavy atom. The number of likely N-dealkylation sites (N-methyl/N-ethyl adjacent to an activating group) is 1. The average molecular weight is 633 g/mol. The molecular weight excluding hydrogens is 600 g/mol. The standard InChI is InChI=1S/C27H31F7N4O.2ClH/c1-36(22-12-19(26(29,30)31)11-20(13-22)27(32,33)34)25(39)37(2)24-16-38(14-17-7-9-35-10-8-17)15-23(24)18-3-5-21(28)6-4-18;;/h3-6,11-13,17,23-24,35H,7-10,14-16H2,1-2H3;2*1H/t23-,24+;;/m0../s1.